The van der Waals surface area contributed by atoms with Crippen molar-refractivity contribution in [3.63, 3.8) is 0 Å². The lowest BCUT2D eigenvalue weighted by molar-refractivity contribution is -0.133. The molecule has 2 amide bonds. The third-order valence-electron chi connectivity index (χ3n) is 3.15. The van der Waals surface area contributed by atoms with E-state index in [0.717, 1.165) is 6.42 Å². The van der Waals surface area contributed by atoms with Crippen LogP contribution in [0.4, 0.5) is 5.69 Å². The highest BCUT2D eigenvalue weighted by atomic mass is 35.5. The van der Waals surface area contributed by atoms with Gasteiger partial charge < -0.3 is 20.3 Å². The zero-order valence-electron chi connectivity index (χ0n) is 14.3. The molecule has 0 bridgehead atoms. The fourth-order valence-electron chi connectivity index (χ4n) is 2.00. The number of anilines is 1. The van der Waals surface area contributed by atoms with E-state index in [2.05, 4.69) is 10.6 Å². The van der Waals surface area contributed by atoms with Crippen LogP contribution in [0.1, 0.15) is 13.3 Å². The van der Waals surface area contributed by atoms with Crippen LogP contribution in [0.3, 0.4) is 0 Å². The maximum absolute atomic E-state index is 12.2. The minimum Gasteiger partial charge on any atom is -0.383 e. The summed E-state index contributed by atoms with van der Waals surface area (Å²) in [5.74, 6) is -0.441. The topological polar surface area (TPSA) is 70.7 Å². The molecule has 0 aliphatic rings. The molecule has 0 aliphatic carbocycles. The lowest BCUT2D eigenvalue weighted by Crippen LogP contribution is -2.43. The number of nitrogens with one attached hydrogen (secondary N) is 2. The van der Waals surface area contributed by atoms with Gasteiger partial charge in [-0.25, -0.2) is 0 Å². The molecule has 6 nitrogen and oxygen atoms in total. The van der Waals surface area contributed by atoms with Gasteiger partial charge in [0.05, 0.1) is 30.4 Å². The average Bonchev–Trinajstić information content (AvgIpc) is 2.53. The number of amides is 2. The number of nitrogens with zero attached hydrogens (tertiary/aromatic N) is 1. The molecule has 0 fully saturated rings. The van der Waals surface area contributed by atoms with E-state index in [1.54, 1.807) is 25.3 Å². The lowest BCUT2D eigenvalue weighted by Gasteiger charge is -2.22. The Bertz CT molecular complexity index is 559. The Morgan fingerprint density at radius 3 is 2.60 bits per heavy atom. The number of methoxy groups -OCH3 is 1. The van der Waals surface area contributed by atoms with Crippen molar-refractivity contribution in [3.8, 4) is 0 Å². The summed E-state index contributed by atoms with van der Waals surface area (Å²) in [5.41, 5.74) is 0.466. The van der Waals surface area contributed by atoms with Crippen molar-refractivity contribution < 1.29 is 14.3 Å². The van der Waals surface area contributed by atoms with E-state index in [1.165, 1.54) is 4.90 Å². The molecule has 0 radical (unpaired) electrons. The van der Waals surface area contributed by atoms with Crippen LogP contribution in [0.15, 0.2) is 18.2 Å². The molecule has 0 unspecified atom stereocenters. The summed E-state index contributed by atoms with van der Waals surface area (Å²) in [6.07, 6.45) is 0.763. The Balaban J connectivity index is 0.00000576. The summed E-state index contributed by atoms with van der Waals surface area (Å²) in [4.78, 5) is 25.9. The fraction of sp³-hybridized carbons (Fsp3) is 0.500. The molecular weight excluding hydrogens is 389 g/mol. The molecule has 0 saturated heterocycles. The first-order chi connectivity index (χ1) is 11.5. The van der Waals surface area contributed by atoms with Crippen LogP contribution in [0.5, 0.6) is 0 Å². The average molecular weight is 413 g/mol. The summed E-state index contributed by atoms with van der Waals surface area (Å²) >= 11 is 11.9. The lowest BCUT2D eigenvalue weighted by atomic mass is 10.3. The maximum atomic E-state index is 12.2. The second-order valence-electron chi connectivity index (χ2n) is 5.16. The van der Waals surface area contributed by atoms with Crippen LogP contribution in [-0.4, -0.2) is 56.6 Å². The molecule has 1 aromatic rings. The van der Waals surface area contributed by atoms with Crippen molar-refractivity contribution >= 4 is 53.1 Å². The number of ether oxygens (including phenoxy) is 1. The van der Waals surface area contributed by atoms with Gasteiger partial charge in [0.2, 0.25) is 11.8 Å². The SMILES string of the molecule is CCCN(CC(=O)Nc1ccc(Cl)cc1Cl)C(=O)CNCCOC.Cl. The molecule has 2 N–H and O–H groups in total. The largest absolute Gasteiger partial charge is 0.383 e. The van der Waals surface area contributed by atoms with Crippen molar-refractivity contribution in [2.24, 2.45) is 0 Å². The monoisotopic (exact) mass is 411 g/mol. The highest BCUT2D eigenvalue weighted by Crippen LogP contribution is 2.25. The Labute approximate surface area is 164 Å². The van der Waals surface area contributed by atoms with Crippen LogP contribution in [0.25, 0.3) is 0 Å². The van der Waals surface area contributed by atoms with E-state index in [0.29, 0.717) is 35.4 Å². The van der Waals surface area contributed by atoms with Gasteiger partial charge in [-0.1, -0.05) is 30.1 Å². The first kappa shape index (κ1) is 23.9. The second kappa shape index (κ2) is 13.2. The number of hydrogen-bond donors (Lipinski definition) is 2. The smallest absolute Gasteiger partial charge is 0.244 e. The van der Waals surface area contributed by atoms with E-state index in [-0.39, 0.29) is 37.3 Å². The standard InChI is InChI=1S/C16H23Cl2N3O3.ClH/c1-3-7-21(16(23)10-19-6-8-24-2)11-15(22)20-14-5-4-12(17)9-13(14)18;/h4-5,9,19H,3,6-8,10-11H2,1-2H3,(H,20,22);1H. The molecule has 0 aromatic heterocycles. The van der Waals surface area contributed by atoms with Crippen LogP contribution < -0.4 is 10.6 Å². The van der Waals surface area contributed by atoms with Crippen LogP contribution in [0, 0.1) is 0 Å². The first-order valence-corrected chi connectivity index (χ1v) is 8.45. The normalized spacial score (nSPS) is 10.1. The van der Waals surface area contributed by atoms with Crippen LogP contribution in [0.2, 0.25) is 10.0 Å². The second-order valence-corrected chi connectivity index (χ2v) is 6.00. The number of halogens is 3. The van der Waals surface area contributed by atoms with Crippen molar-refractivity contribution in [3.05, 3.63) is 28.2 Å². The van der Waals surface area contributed by atoms with E-state index in [9.17, 15) is 9.59 Å². The highest BCUT2D eigenvalue weighted by molar-refractivity contribution is 6.36. The molecule has 0 aliphatic heterocycles. The molecule has 0 saturated carbocycles. The Morgan fingerprint density at radius 1 is 1.28 bits per heavy atom. The molecule has 1 rings (SSSR count). The van der Waals surface area contributed by atoms with E-state index >= 15 is 0 Å². The molecule has 25 heavy (non-hydrogen) atoms. The summed E-state index contributed by atoms with van der Waals surface area (Å²) in [5, 5.41) is 6.51. The first-order valence-electron chi connectivity index (χ1n) is 7.70. The molecule has 142 valence electrons. The minimum absolute atomic E-state index is 0. The molecule has 0 atom stereocenters. The summed E-state index contributed by atoms with van der Waals surface area (Å²) in [6, 6.07) is 4.81. The summed E-state index contributed by atoms with van der Waals surface area (Å²) < 4.78 is 4.91. The molecule has 0 heterocycles. The van der Waals surface area contributed by atoms with Gasteiger partial charge in [0, 0.05) is 25.2 Å². The summed E-state index contributed by atoms with van der Waals surface area (Å²) in [7, 11) is 1.60. The van der Waals surface area contributed by atoms with Gasteiger partial charge >= 0.3 is 0 Å². The minimum atomic E-state index is -0.307. The number of carbonyl (C=O) groups excluding carboxylic acids is 2. The number of hydrogen-bond acceptors (Lipinski definition) is 4. The van der Waals surface area contributed by atoms with Crippen molar-refractivity contribution in [2.75, 3.05) is 45.2 Å². The van der Waals surface area contributed by atoms with Crippen molar-refractivity contribution in [1.82, 2.24) is 10.2 Å². The number of benzene rings is 1. The molecule has 9 heteroatoms. The van der Waals surface area contributed by atoms with Crippen molar-refractivity contribution in [2.45, 2.75) is 13.3 Å². The van der Waals surface area contributed by atoms with Crippen molar-refractivity contribution in [1.29, 1.82) is 0 Å². The van der Waals surface area contributed by atoms with Crippen LogP contribution >= 0.6 is 35.6 Å². The van der Waals surface area contributed by atoms with E-state index in [4.69, 9.17) is 27.9 Å². The Kier molecular flexibility index (Phi) is 12.6. The van der Waals surface area contributed by atoms with Gasteiger partial charge in [-0.2, -0.15) is 0 Å². The predicted octanol–water partition coefficient (Wildman–Crippen LogP) is 2.83. The van der Waals surface area contributed by atoms with Gasteiger partial charge in [-0.15, -0.1) is 12.4 Å². The quantitative estimate of drug-likeness (QED) is 0.580. The van der Waals surface area contributed by atoms with Gasteiger partial charge in [0.1, 0.15) is 0 Å². The zero-order chi connectivity index (χ0) is 17.9. The maximum Gasteiger partial charge on any atom is 0.244 e. The third-order valence-corrected chi connectivity index (χ3v) is 3.69. The Hall–Kier alpha value is -1.05. The molecule has 1 aromatic carbocycles. The summed E-state index contributed by atoms with van der Waals surface area (Å²) in [6.45, 7) is 3.69. The van der Waals surface area contributed by atoms with Gasteiger partial charge in [0.25, 0.3) is 0 Å². The van der Waals surface area contributed by atoms with Gasteiger partial charge in [-0.3, -0.25) is 9.59 Å². The third kappa shape index (κ3) is 9.28. The molecular formula is C16H24Cl3N3O3. The Morgan fingerprint density at radius 2 is 2.00 bits per heavy atom. The fourth-order valence-corrected chi connectivity index (χ4v) is 2.45. The number of rotatable bonds is 10. The van der Waals surface area contributed by atoms with Gasteiger partial charge in [0.15, 0.2) is 0 Å². The zero-order valence-corrected chi connectivity index (χ0v) is 16.6. The van der Waals surface area contributed by atoms with E-state index < -0.39 is 0 Å². The highest BCUT2D eigenvalue weighted by Gasteiger charge is 2.16. The number of carbonyl (C=O) groups is 2. The predicted molar refractivity (Wildman–Crippen MR) is 104 cm³/mol. The van der Waals surface area contributed by atoms with E-state index in [1.807, 2.05) is 6.92 Å². The van der Waals surface area contributed by atoms with Crippen LogP contribution in [-0.2, 0) is 14.3 Å². The van der Waals surface area contributed by atoms with Gasteiger partial charge in [-0.05, 0) is 24.6 Å². The molecule has 0 spiro atoms.